The Labute approximate surface area is 68.4 Å². The molecule has 1 rings (SSSR count). The van der Waals surface area contributed by atoms with Crippen molar-refractivity contribution in [2.75, 3.05) is 5.73 Å². The topological polar surface area (TPSA) is 64.9 Å². The maximum absolute atomic E-state index is 12.1. The summed E-state index contributed by atoms with van der Waals surface area (Å²) in [4.78, 5) is 3.65. The smallest absolute Gasteiger partial charge is 0.257 e. The molecule has 3 nitrogen and oxygen atoms in total. The van der Waals surface area contributed by atoms with Crippen LogP contribution >= 0.6 is 0 Å². The van der Waals surface area contributed by atoms with E-state index >= 15 is 0 Å². The lowest BCUT2D eigenvalue weighted by atomic mass is 10.1. The third kappa shape index (κ3) is 1.68. The van der Waals surface area contributed by atoms with Gasteiger partial charge < -0.3 is 11.5 Å². The highest BCUT2D eigenvalue weighted by atomic mass is 19.3. The van der Waals surface area contributed by atoms with Gasteiger partial charge in [0.2, 0.25) is 0 Å². The zero-order valence-electron chi connectivity index (χ0n) is 6.24. The molecule has 0 saturated heterocycles. The Morgan fingerprint density at radius 1 is 1.42 bits per heavy atom. The number of hydrogen-bond donors (Lipinski definition) is 2. The summed E-state index contributed by atoms with van der Waals surface area (Å²) in [6.45, 7) is 0. The van der Waals surface area contributed by atoms with Crippen molar-refractivity contribution in [2.24, 2.45) is 5.73 Å². The molecule has 5 heteroatoms. The van der Waals surface area contributed by atoms with E-state index in [0.29, 0.717) is 0 Å². The maximum Gasteiger partial charge on any atom is 0.257 e. The number of halogens is 2. The van der Waals surface area contributed by atoms with Gasteiger partial charge in [-0.1, -0.05) is 6.07 Å². The molecule has 4 N–H and O–H groups in total. The standard InChI is InChI=1S/C7H9F2N3/c8-6(9)5(10)4-2-1-3-12-7(4)11/h1-3,5-6H,10H2,(H2,11,12)/t5-/m1/s1. The van der Waals surface area contributed by atoms with E-state index in [1.807, 2.05) is 0 Å². The zero-order chi connectivity index (χ0) is 9.14. The van der Waals surface area contributed by atoms with Gasteiger partial charge in [-0.3, -0.25) is 0 Å². The lowest BCUT2D eigenvalue weighted by Gasteiger charge is -2.11. The number of rotatable bonds is 2. The van der Waals surface area contributed by atoms with E-state index in [0.717, 1.165) is 0 Å². The summed E-state index contributed by atoms with van der Waals surface area (Å²) in [6, 6.07) is 1.62. The van der Waals surface area contributed by atoms with E-state index in [1.165, 1.54) is 18.3 Å². The summed E-state index contributed by atoms with van der Waals surface area (Å²) in [5.41, 5.74) is 10.7. The monoisotopic (exact) mass is 173 g/mol. The summed E-state index contributed by atoms with van der Waals surface area (Å²) >= 11 is 0. The van der Waals surface area contributed by atoms with Crippen LogP contribution < -0.4 is 11.5 Å². The summed E-state index contributed by atoms with van der Waals surface area (Å²) in [7, 11) is 0. The first-order valence-electron chi connectivity index (χ1n) is 3.37. The predicted molar refractivity (Wildman–Crippen MR) is 41.6 cm³/mol. The first-order chi connectivity index (χ1) is 5.63. The van der Waals surface area contributed by atoms with Gasteiger partial charge in [-0.05, 0) is 6.07 Å². The Bertz CT molecular complexity index is 265. The molecule has 1 aromatic heterocycles. The normalized spacial score (nSPS) is 13.3. The highest BCUT2D eigenvalue weighted by molar-refractivity contribution is 5.40. The minimum Gasteiger partial charge on any atom is -0.383 e. The molecule has 0 bridgehead atoms. The molecule has 1 heterocycles. The number of nitrogens with zero attached hydrogens (tertiary/aromatic N) is 1. The van der Waals surface area contributed by atoms with Crippen LogP contribution in [0.5, 0.6) is 0 Å². The summed E-state index contributed by atoms with van der Waals surface area (Å²) < 4.78 is 24.2. The van der Waals surface area contributed by atoms with Crippen LogP contribution in [0, 0.1) is 0 Å². The van der Waals surface area contributed by atoms with E-state index in [1.54, 1.807) is 0 Å². The first kappa shape index (κ1) is 8.86. The van der Waals surface area contributed by atoms with Crippen LogP contribution in [0.15, 0.2) is 18.3 Å². The molecule has 0 unspecified atom stereocenters. The summed E-state index contributed by atoms with van der Waals surface area (Å²) in [5.74, 6) is 0.0605. The van der Waals surface area contributed by atoms with Crippen LogP contribution in [0.25, 0.3) is 0 Å². The Kier molecular flexibility index (Phi) is 2.54. The van der Waals surface area contributed by atoms with Crippen LogP contribution in [0.4, 0.5) is 14.6 Å². The van der Waals surface area contributed by atoms with Crippen molar-refractivity contribution >= 4 is 5.82 Å². The second-order valence-corrected chi connectivity index (χ2v) is 2.34. The van der Waals surface area contributed by atoms with Crippen LogP contribution in [0.3, 0.4) is 0 Å². The van der Waals surface area contributed by atoms with Gasteiger partial charge in [-0.2, -0.15) is 0 Å². The second kappa shape index (κ2) is 3.44. The number of anilines is 1. The molecule has 0 saturated carbocycles. The van der Waals surface area contributed by atoms with Crippen molar-refractivity contribution in [3.63, 3.8) is 0 Å². The summed E-state index contributed by atoms with van der Waals surface area (Å²) in [6.07, 6.45) is -1.19. The van der Waals surface area contributed by atoms with Crippen molar-refractivity contribution in [3.8, 4) is 0 Å². The molecular weight excluding hydrogens is 164 g/mol. The Morgan fingerprint density at radius 2 is 2.08 bits per heavy atom. The number of nitrogen functional groups attached to an aromatic ring is 1. The zero-order valence-corrected chi connectivity index (χ0v) is 6.24. The molecule has 0 aliphatic rings. The number of pyridine rings is 1. The van der Waals surface area contributed by atoms with Crippen LogP contribution in [0.2, 0.25) is 0 Å². The number of alkyl halides is 2. The minimum atomic E-state index is -2.61. The highest BCUT2D eigenvalue weighted by Gasteiger charge is 2.19. The fourth-order valence-electron chi connectivity index (χ4n) is 0.848. The van der Waals surface area contributed by atoms with Gasteiger partial charge in [-0.25, -0.2) is 13.8 Å². The summed E-state index contributed by atoms with van der Waals surface area (Å²) in [5, 5.41) is 0. The lowest BCUT2D eigenvalue weighted by Crippen LogP contribution is -2.20. The average molecular weight is 173 g/mol. The molecular formula is C7H9F2N3. The highest BCUT2D eigenvalue weighted by Crippen LogP contribution is 2.21. The number of aromatic nitrogens is 1. The Morgan fingerprint density at radius 3 is 2.58 bits per heavy atom. The van der Waals surface area contributed by atoms with E-state index in [2.05, 4.69) is 4.98 Å². The fourth-order valence-corrected chi connectivity index (χ4v) is 0.848. The Balaban J connectivity index is 2.94. The van der Waals surface area contributed by atoms with Gasteiger partial charge in [0.1, 0.15) is 5.82 Å². The van der Waals surface area contributed by atoms with E-state index < -0.39 is 12.5 Å². The number of hydrogen-bond acceptors (Lipinski definition) is 3. The van der Waals surface area contributed by atoms with Gasteiger partial charge in [0.25, 0.3) is 6.43 Å². The molecule has 0 fully saturated rings. The van der Waals surface area contributed by atoms with Gasteiger partial charge in [0, 0.05) is 11.8 Å². The third-order valence-electron chi connectivity index (χ3n) is 1.50. The van der Waals surface area contributed by atoms with E-state index in [-0.39, 0.29) is 11.4 Å². The molecule has 0 aliphatic carbocycles. The molecule has 0 aliphatic heterocycles. The van der Waals surface area contributed by atoms with E-state index in [4.69, 9.17) is 11.5 Å². The van der Waals surface area contributed by atoms with E-state index in [9.17, 15) is 8.78 Å². The largest absolute Gasteiger partial charge is 0.383 e. The predicted octanol–water partition coefficient (Wildman–Crippen LogP) is 0.929. The van der Waals surface area contributed by atoms with Gasteiger partial charge in [0.05, 0.1) is 6.04 Å². The van der Waals surface area contributed by atoms with Crippen molar-refractivity contribution < 1.29 is 8.78 Å². The van der Waals surface area contributed by atoms with Crippen LogP contribution in [0.1, 0.15) is 11.6 Å². The third-order valence-corrected chi connectivity index (χ3v) is 1.50. The first-order valence-corrected chi connectivity index (χ1v) is 3.37. The maximum atomic E-state index is 12.1. The SMILES string of the molecule is Nc1ncccc1[C@@H](N)C(F)F. The van der Waals surface area contributed by atoms with Crippen molar-refractivity contribution in [1.82, 2.24) is 4.98 Å². The fraction of sp³-hybridized carbons (Fsp3) is 0.286. The molecule has 0 amide bonds. The minimum absolute atomic E-state index is 0.0605. The molecule has 0 aromatic carbocycles. The van der Waals surface area contributed by atoms with Crippen LogP contribution in [-0.4, -0.2) is 11.4 Å². The van der Waals surface area contributed by atoms with Crippen molar-refractivity contribution in [1.29, 1.82) is 0 Å². The van der Waals surface area contributed by atoms with Crippen molar-refractivity contribution in [2.45, 2.75) is 12.5 Å². The quantitative estimate of drug-likeness (QED) is 0.699. The lowest BCUT2D eigenvalue weighted by molar-refractivity contribution is 0.116. The van der Waals surface area contributed by atoms with Crippen LogP contribution in [-0.2, 0) is 0 Å². The molecule has 0 spiro atoms. The molecule has 0 radical (unpaired) electrons. The molecule has 1 aromatic rings. The molecule has 1 atom stereocenters. The molecule has 66 valence electrons. The van der Waals surface area contributed by atoms with Crippen molar-refractivity contribution in [3.05, 3.63) is 23.9 Å². The second-order valence-electron chi connectivity index (χ2n) is 2.34. The number of nitrogens with two attached hydrogens (primary N) is 2. The average Bonchev–Trinajstić information content (AvgIpc) is 2.04. The Hall–Kier alpha value is -1.23. The van der Waals surface area contributed by atoms with Gasteiger partial charge >= 0.3 is 0 Å². The molecule has 12 heavy (non-hydrogen) atoms. The van der Waals surface area contributed by atoms with Gasteiger partial charge in [0.15, 0.2) is 0 Å². The van der Waals surface area contributed by atoms with Gasteiger partial charge in [-0.15, -0.1) is 0 Å².